The van der Waals surface area contributed by atoms with Crippen LogP contribution in [-0.4, -0.2) is 33.1 Å². The Kier molecular flexibility index (Phi) is 9.75. The van der Waals surface area contributed by atoms with E-state index in [2.05, 4.69) is 136 Å². The number of benzene rings is 5. The van der Waals surface area contributed by atoms with Crippen LogP contribution in [0.2, 0.25) is 0 Å². The first kappa shape index (κ1) is 31.5. The Balaban J connectivity index is 1.50. The van der Waals surface area contributed by atoms with Gasteiger partial charge in [-0.05, 0) is 0 Å². The maximum atomic E-state index is 12.5. The first-order valence-electron chi connectivity index (χ1n) is 16.5. The van der Waals surface area contributed by atoms with Crippen LogP contribution in [0.5, 0.6) is 0 Å². The van der Waals surface area contributed by atoms with Crippen molar-refractivity contribution in [3.63, 3.8) is 0 Å². The molecule has 0 radical (unpaired) electrons. The van der Waals surface area contributed by atoms with Gasteiger partial charge in [-0.1, -0.05) is 0 Å². The Hall–Kier alpha value is -3.43. The van der Waals surface area contributed by atoms with E-state index in [4.69, 9.17) is 4.74 Å². The molecule has 2 unspecified atom stereocenters. The topological polar surface area (TPSA) is 38.3 Å². The molecule has 5 aromatic carbocycles. The number of carbonyl (C=O) groups excluding carboxylic acids is 1. The van der Waals surface area contributed by atoms with Gasteiger partial charge in [0.15, 0.2) is 0 Å². The minimum atomic E-state index is -0.0653. The molecule has 1 saturated carbocycles. The second-order valence-corrected chi connectivity index (χ2v) is 15.7. The summed E-state index contributed by atoms with van der Waals surface area (Å²) in [6.07, 6.45) is 4.03. The van der Waals surface area contributed by atoms with Crippen molar-refractivity contribution in [2.45, 2.75) is 70.9 Å². The normalized spacial score (nSPS) is 19.9. The van der Waals surface area contributed by atoms with Crippen LogP contribution in [-0.2, 0) is 9.53 Å². The fourth-order valence-corrected chi connectivity index (χ4v) is 10.0. The number of hydrogen-bond acceptors (Lipinski definition) is 2. The van der Waals surface area contributed by atoms with Crippen LogP contribution in [0.1, 0.15) is 64.3 Å². The number of rotatable bonds is 9. The quantitative estimate of drug-likeness (QED) is 0.160. The average molecular weight is 663 g/mol. The van der Waals surface area contributed by atoms with Crippen LogP contribution < -0.4 is 9.78 Å². The number of anilines is 1. The van der Waals surface area contributed by atoms with Crippen molar-refractivity contribution in [2.75, 3.05) is 5.32 Å². The number of amides is 1. The summed E-state index contributed by atoms with van der Waals surface area (Å²) in [5, 5.41) is 7.90. The third kappa shape index (κ3) is 6.89. The Labute approximate surface area is 274 Å². The van der Waals surface area contributed by atoms with Gasteiger partial charge in [0, 0.05) is 0 Å². The predicted molar refractivity (Wildman–Crippen MR) is 191 cm³/mol. The summed E-state index contributed by atoms with van der Waals surface area (Å²) in [4.78, 5) is 12.7. The van der Waals surface area contributed by atoms with Crippen molar-refractivity contribution < 1.29 is 9.53 Å². The predicted octanol–water partition coefficient (Wildman–Crippen LogP) is 9.56. The number of carbonyl (C=O) groups is 1. The molecule has 4 heteroatoms. The number of ether oxygens (including phenoxy) is 1. The molecule has 5 atom stereocenters. The monoisotopic (exact) mass is 663 g/mol. The molecule has 1 amide bonds. The van der Waals surface area contributed by atoms with E-state index in [0.29, 0.717) is 17.8 Å². The molecule has 1 fully saturated rings. The van der Waals surface area contributed by atoms with Crippen molar-refractivity contribution in [1.82, 2.24) is 0 Å². The first-order chi connectivity index (χ1) is 21.8. The summed E-state index contributed by atoms with van der Waals surface area (Å²) < 4.78 is 8.49. The van der Waals surface area contributed by atoms with E-state index in [9.17, 15) is 4.79 Å². The second-order valence-electron chi connectivity index (χ2n) is 13.2. The summed E-state index contributed by atoms with van der Waals surface area (Å²) in [6, 6.07) is 36.9. The molecule has 45 heavy (non-hydrogen) atoms. The van der Waals surface area contributed by atoms with Crippen molar-refractivity contribution in [3.05, 3.63) is 109 Å². The molecule has 1 aliphatic rings. The molecule has 3 nitrogen and oxygen atoms in total. The Morgan fingerprint density at radius 2 is 1.40 bits per heavy atom. The van der Waals surface area contributed by atoms with E-state index in [1.165, 1.54) is 39.2 Å². The van der Waals surface area contributed by atoms with Gasteiger partial charge in [0.25, 0.3) is 0 Å². The van der Waals surface area contributed by atoms with Crippen molar-refractivity contribution in [3.8, 4) is 11.1 Å². The summed E-state index contributed by atoms with van der Waals surface area (Å²) >= 11 is 0.0260. The molecule has 6 rings (SSSR count). The van der Waals surface area contributed by atoms with Gasteiger partial charge in [0.2, 0.25) is 0 Å². The van der Waals surface area contributed by atoms with E-state index in [1.54, 1.807) is 6.92 Å². The van der Waals surface area contributed by atoms with Crippen LogP contribution in [0, 0.1) is 17.8 Å². The fourth-order valence-electron chi connectivity index (χ4n) is 7.27. The molecule has 232 valence electrons. The zero-order chi connectivity index (χ0) is 31.5. The summed E-state index contributed by atoms with van der Waals surface area (Å²) in [5.74, 6) is 1.84. The van der Waals surface area contributed by atoms with Gasteiger partial charge in [-0.25, -0.2) is 0 Å². The third-order valence-corrected chi connectivity index (χ3v) is 12.7. The standard InChI is InChI=1S/C41H45NO2Se/c1-26(2)33-22-19-27(3)25-37(33)44-28(4)41(32-15-7-6-8-16-32)45-38-24-21-31-14-10-12-18-35(31)40(38)39-34-17-11-9-13-30(34)20-23-36(39)42-29(5)43/h6-18,20-21,23-24,26-28,33,37,41H,19,22,25H2,1-5H3,(H,42,43)/t27-,28?,33+,37-,41?/m0/s1. The minimum absolute atomic E-state index is 0.0260. The molecular weight excluding hydrogens is 617 g/mol. The molecule has 0 heterocycles. The molecular formula is C41H45NO2Se. The summed E-state index contributed by atoms with van der Waals surface area (Å²) in [7, 11) is 0. The Bertz CT molecular complexity index is 1780. The zero-order valence-corrected chi connectivity index (χ0v) is 28.8. The van der Waals surface area contributed by atoms with Gasteiger partial charge in [0.05, 0.1) is 0 Å². The molecule has 0 bridgehead atoms. The summed E-state index contributed by atoms with van der Waals surface area (Å²) in [5.41, 5.74) is 4.49. The van der Waals surface area contributed by atoms with Crippen molar-refractivity contribution >= 4 is 52.6 Å². The maximum absolute atomic E-state index is 12.5. The van der Waals surface area contributed by atoms with Crippen LogP contribution in [0.15, 0.2) is 103 Å². The van der Waals surface area contributed by atoms with E-state index in [1.807, 2.05) is 0 Å². The van der Waals surface area contributed by atoms with E-state index >= 15 is 0 Å². The second kappa shape index (κ2) is 13.9. The van der Waals surface area contributed by atoms with E-state index in [-0.39, 0.29) is 37.9 Å². The first-order valence-corrected chi connectivity index (χ1v) is 18.3. The van der Waals surface area contributed by atoms with Gasteiger partial charge < -0.3 is 0 Å². The SMILES string of the molecule is CC(=O)Nc1ccc2ccccc2c1-c1c([Se]C(c2ccccc2)C(C)O[C@H]2C[C@@H](C)CC[C@@H]2C(C)C)ccc2ccccc12. The molecule has 0 aliphatic heterocycles. The number of nitrogens with one attached hydrogen (secondary N) is 1. The van der Waals surface area contributed by atoms with E-state index in [0.717, 1.165) is 28.4 Å². The van der Waals surface area contributed by atoms with Crippen LogP contribution >= 0.6 is 0 Å². The van der Waals surface area contributed by atoms with Gasteiger partial charge in [-0.15, -0.1) is 0 Å². The third-order valence-electron chi connectivity index (χ3n) is 9.54. The van der Waals surface area contributed by atoms with E-state index < -0.39 is 0 Å². The molecule has 0 saturated heterocycles. The van der Waals surface area contributed by atoms with Crippen molar-refractivity contribution in [1.29, 1.82) is 0 Å². The molecule has 0 spiro atoms. The van der Waals surface area contributed by atoms with Crippen LogP contribution in [0.25, 0.3) is 32.7 Å². The fraction of sp³-hybridized carbons (Fsp3) is 0.341. The zero-order valence-electron chi connectivity index (χ0n) is 27.1. The average Bonchev–Trinajstić information content (AvgIpc) is 3.03. The number of fused-ring (bicyclic) bond motifs is 2. The molecule has 1 N–H and O–H groups in total. The van der Waals surface area contributed by atoms with Gasteiger partial charge >= 0.3 is 276 Å². The van der Waals surface area contributed by atoms with Gasteiger partial charge in [0.1, 0.15) is 0 Å². The molecule has 0 aromatic heterocycles. The molecule has 5 aromatic rings. The van der Waals surface area contributed by atoms with Crippen LogP contribution in [0.4, 0.5) is 5.69 Å². The van der Waals surface area contributed by atoms with Gasteiger partial charge in [-0.3, -0.25) is 0 Å². The summed E-state index contributed by atoms with van der Waals surface area (Å²) in [6.45, 7) is 11.0. The van der Waals surface area contributed by atoms with Crippen LogP contribution in [0.3, 0.4) is 0 Å². The Morgan fingerprint density at radius 1 is 0.778 bits per heavy atom. The molecule has 1 aliphatic carbocycles. The van der Waals surface area contributed by atoms with Gasteiger partial charge in [-0.2, -0.15) is 0 Å². The number of hydrogen-bond donors (Lipinski definition) is 1. The Morgan fingerprint density at radius 3 is 2.07 bits per heavy atom. The van der Waals surface area contributed by atoms with Crippen molar-refractivity contribution in [2.24, 2.45) is 17.8 Å².